The van der Waals surface area contributed by atoms with Crippen molar-refractivity contribution >= 4 is 27.6 Å². The highest BCUT2D eigenvalue weighted by Gasteiger charge is 2.32. The molecule has 1 saturated carbocycles. The van der Waals surface area contributed by atoms with Gasteiger partial charge in [0.2, 0.25) is 0 Å². The molecule has 2 amide bonds. The highest BCUT2D eigenvalue weighted by molar-refractivity contribution is 7.18. The lowest BCUT2D eigenvalue weighted by atomic mass is 10.2. The highest BCUT2D eigenvalue weighted by Crippen LogP contribution is 2.35. The number of rotatable bonds is 5. The molecule has 2 aromatic heterocycles. The molecule has 9 heteroatoms. The Morgan fingerprint density at radius 1 is 1.21 bits per heavy atom. The average molecular weight is 404 g/mol. The summed E-state index contributed by atoms with van der Waals surface area (Å²) in [7, 11) is 0. The minimum Gasteiger partial charge on any atom is -0.376 e. The monoisotopic (exact) mass is 404 g/mol. The number of nitrogens with one attached hydrogen (secondary N) is 1. The normalized spacial score (nSPS) is 22.4. The molecule has 0 aromatic carbocycles. The summed E-state index contributed by atoms with van der Waals surface area (Å²) < 4.78 is 8.96. The number of carbonyl (C=O) groups excluding carboxylic acids is 1. The molecule has 0 radical (unpaired) electrons. The standard InChI is InChI=1S/C19H24N4O4S/c1-11-14(10-21-7-6-20-18(21)25)28-17-15(11)16(24)23(12-4-5-12)19(26)22(17)9-13-3-2-8-27-13/h12-13H,2-10H2,1H3,(H,20,25)/t13-/m1/s1. The SMILES string of the molecule is Cc1c(CN2CCNC2=O)sc2c1c(=O)n(C1CC1)c(=O)n2C[C@H]1CCCO1. The Morgan fingerprint density at radius 2 is 2.04 bits per heavy atom. The summed E-state index contributed by atoms with van der Waals surface area (Å²) in [6.45, 7) is 4.90. The first kappa shape index (κ1) is 17.9. The van der Waals surface area contributed by atoms with Gasteiger partial charge in [0.05, 0.1) is 24.6 Å². The molecule has 0 bridgehead atoms. The zero-order valence-corrected chi connectivity index (χ0v) is 16.7. The molecule has 2 aliphatic heterocycles. The van der Waals surface area contributed by atoms with Gasteiger partial charge in [-0.15, -0.1) is 11.3 Å². The van der Waals surface area contributed by atoms with Crippen molar-refractivity contribution in [3.8, 4) is 0 Å². The molecule has 0 spiro atoms. The van der Waals surface area contributed by atoms with E-state index in [9.17, 15) is 14.4 Å². The molecule has 2 aromatic rings. The molecule has 3 aliphatic rings. The van der Waals surface area contributed by atoms with Crippen LogP contribution in [0.3, 0.4) is 0 Å². The van der Waals surface area contributed by atoms with Crippen molar-refractivity contribution in [3.05, 3.63) is 31.3 Å². The van der Waals surface area contributed by atoms with Crippen LogP contribution >= 0.6 is 11.3 Å². The molecule has 1 atom stereocenters. The molecule has 5 rings (SSSR count). The van der Waals surface area contributed by atoms with Crippen LogP contribution in [-0.4, -0.2) is 45.9 Å². The van der Waals surface area contributed by atoms with E-state index in [0.717, 1.165) is 47.6 Å². The van der Waals surface area contributed by atoms with Gasteiger partial charge < -0.3 is 15.0 Å². The Hall–Kier alpha value is -2.13. The van der Waals surface area contributed by atoms with E-state index in [1.807, 2.05) is 6.92 Å². The number of thiophene rings is 1. The van der Waals surface area contributed by atoms with Crippen molar-refractivity contribution in [3.63, 3.8) is 0 Å². The van der Waals surface area contributed by atoms with Gasteiger partial charge in [-0.25, -0.2) is 9.59 Å². The molecule has 2 saturated heterocycles. The van der Waals surface area contributed by atoms with Gasteiger partial charge in [-0.3, -0.25) is 13.9 Å². The molecule has 8 nitrogen and oxygen atoms in total. The maximum atomic E-state index is 13.2. The van der Waals surface area contributed by atoms with Gasteiger partial charge in [-0.05, 0) is 38.2 Å². The summed E-state index contributed by atoms with van der Waals surface area (Å²) in [5.74, 6) is 0. The molecule has 0 unspecified atom stereocenters. The van der Waals surface area contributed by atoms with Crippen LogP contribution in [0.2, 0.25) is 0 Å². The summed E-state index contributed by atoms with van der Waals surface area (Å²) in [6.07, 6.45) is 3.71. The summed E-state index contributed by atoms with van der Waals surface area (Å²) in [5, 5.41) is 3.44. The lowest BCUT2D eigenvalue weighted by Crippen LogP contribution is -2.40. The van der Waals surface area contributed by atoms with Gasteiger partial charge in [-0.1, -0.05) is 0 Å². The van der Waals surface area contributed by atoms with E-state index in [4.69, 9.17) is 4.74 Å². The van der Waals surface area contributed by atoms with Crippen LogP contribution in [0.15, 0.2) is 9.59 Å². The molecule has 1 aliphatic carbocycles. The Labute approximate surface area is 165 Å². The van der Waals surface area contributed by atoms with Crippen LogP contribution in [0, 0.1) is 6.92 Å². The average Bonchev–Trinajstić information content (AvgIpc) is 3.06. The lowest BCUT2D eigenvalue weighted by Gasteiger charge is -2.15. The van der Waals surface area contributed by atoms with E-state index in [1.165, 1.54) is 15.9 Å². The second-order valence-electron chi connectivity index (χ2n) is 7.92. The third kappa shape index (κ3) is 2.88. The minimum atomic E-state index is -0.220. The molecule has 150 valence electrons. The topological polar surface area (TPSA) is 85.6 Å². The number of amides is 2. The number of fused-ring (bicyclic) bond motifs is 1. The number of hydrogen-bond donors (Lipinski definition) is 1. The molecule has 1 N–H and O–H groups in total. The van der Waals surface area contributed by atoms with Crippen LogP contribution in [0.25, 0.3) is 10.2 Å². The van der Waals surface area contributed by atoms with Gasteiger partial charge in [-0.2, -0.15) is 0 Å². The largest absolute Gasteiger partial charge is 0.376 e. The number of nitrogens with zero attached hydrogens (tertiary/aromatic N) is 3. The van der Waals surface area contributed by atoms with Gasteiger partial charge in [0.15, 0.2) is 0 Å². The fraction of sp³-hybridized carbons (Fsp3) is 0.632. The van der Waals surface area contributed by atoms with E-state index in [2.05, 4.69) is 5.32 Å². The Bertz CT molecular complexity index is 1060. The molecular formula is C19H24N4O4S. The first-order chi connectivity index (χ1) is 13.5. The number of hydrogen-bond acceptors (Lipinski definition) is 5. The third-order valence-corrected chi connectivity index (χ3v) is 7.24. The Kier molecular flexibility index (Phi) is 4.31. The zero-order chi connectivity index (χ0) is 19.4. The molecular weight excluding hydrogens is 380 g/mol. The Morgan fingerprint density at radius 3 is 2.68 bits per heavy atom. The summed E-state index contributed by atoms with van der Waals surface area (Å²) in [5.41, 5.74) is 0.486. The fourth-order valence-electron chi connectivity index (χ4n) is 4.20. The number of ether oxygens (including phenoxy) is 1. The number of urea groups is 1. The van der Waals surface area contributed by atoms with E-state index < -0.39 is 0 Å². The number of aryl methyl sites for hydroxylation is 1. The second-order valence-corrected chi connectivity index (χ2v) is 9.00. The second kappa shape index (κ2) is 6.73. The van der Waals surface area contributed by atoms with Gasteiger partial charge in [0, 0.05) is 30.6 Å². The van der Waals surface area contributed by atoms with Crippen molar-refractivity contribution in [2.45, 2.75) is 57.8 Å². The van der Waals surface area contributed by atoms with Crippen LogP contribution in [-0.2, 0) is 17.8 Å². The maximum absolute atomic E-state index is 13.2. The minimum absolute atomic E-state index is 0.0151. The maximum Gasteiger partial charge on any atom is 0.332 e. The molecule has 3 fully saturated rings. The van der Waals surface area contributed by atoms with E-state index >= 15 is 0 Å². The summed E-state index contributed by atoms with van der Waals surface area (Å²) >= 11 is 1.46. The van der Waals surface area contributed by atoms with Crippen molar-refractivity contribution < 1.29 is 9.53 Å². The zero-order valence-electron chi connectivity index (χ0n) is 15.9. The quantitative estimate of drug-likeness (QED) is 0.820. The summed E-state index contributed by atoms with van der Waals surface area (Å²) in [4.78, 5) is 41.8. The van der Waals surface area contributed by atoms with Gasteiger partial charge >= 0.3 is 11.7 Å². The van der Waals surface area contributed by atoms with Crippen molar-refractivity contribution in [1.29, 1.82) is 0 Å². The predicted octanol–water partition coefficient (Wildman–Crippen LogP) is 1.57. The van der Waals surface area contributed by atoms with E-state index in [0.29, 0.717) is 31.6 Å². The third-order valence-electron chi connectivity index (χ3n) is 5.94. The first-order valence-corrected chi connectivity index (χ1v) is 10.8. The van der Waals surface area contributed by atoms with E-state index in [-0.39, 0.29) is 29.4 Å². The van der Waals surface area contributed by atoms with Gasteiger partial charge in [0.25, 0.3) is 5.56 Å². The van der Waals surface area contributed by atoms with Crippen LogP contribution in [0.4, 0.5) is 4.79 Å². The predicted molar refractivity (Wildman–Crippen MR) is 106 cm³/mol. The van der Waals surface area contributed by atoms with Crippen LogP contribution in [0.5, 0.6) is 0 Å². The fourth-order valence-corrected chi connectivity index (χ4v) is 5.52. The van der Waals surface area contributed by atoms with Crippen molar-refractivity contribution in [1.82, 2.24) is 19.4 Å². The van der Waals surface area contributed by atoms with Crippen LogP contribution in [0.1, 0.15) is 42.2 Å². The molecule has 28 heavy (non-hydrogen) atoms. The molecule has 4 heterocycles. The van der Waals surface area contributed by atoms with Crippen molar-refractivity contribution in [2.75, 3.05) is 19.7 Å². The van der Waals surface area contributed by atoms with Crippen molar-refractivity contribution in [2.24, 2.45) is 0 Å². The van der Waals surface area contributed by atoms with E-state index in [1.54, 1.807) is 9.47 Å². The number of carbonyl (C=O) groups is 1. The first-order valence-electron chi connectivity index (χ1n) is 9.96. The smallest absolute Gasteiger partial charge is 0.332 e. The Balaban J connectivity index is 1.65. The number of aromatic nitrogens is 2. The lowest BCUT2D eigenvalue weighted by molar-refractivity contribution is 0.0966. The highest BCUT2D eigenvalue weighted by atomic mass is 32.1. The van der Waals surface area contributed by atoms with Gasteiger partial charge in [0.1, 0.15) is 4.83 Å². The summed E-state index contributed by atoms with van der Waals surface area (Å²) in [6, 6.07) is -0.0590. The van der Waals surface area contributed by atoms with Crippen LogP contribution < -0.4 is 16.6 Å².